The van der Waals surface area contributed by atoms with E-state index in [1.807, 2.05) is 22.9 Å². The fourth-order valence-corrected chi connectivity index (χ4v) is 3.84. The lowest BCUT2D eigenvalue weighted by atomic mass is 10.2. The zero-order valence-electron chi connectivity index (χ0n) is 15.5. The molecule has 0 amide bonds. The standard InChI is InChI=1S/C20H21FN6O/c21-15-6-7-16-19(14-15)28-23-20(16)26-12-10-25(11-13-26)8-3-9-27-18-5-2-1-4-17(18)22-24-27/h1-2,4-7,14H,3,8-13H2. The summed E-state index contributed by atoms with van der Waals surface area (Å²) in [7, 11) is 0. The second-order valence-electron chi connectivity index (χ2n) is 7.13. The Morgan fingerprint density at radius 3 is 2.75 bits per heavy atom. The van der Waals surface area contributed by atoms with Gasteiger partial charge in [0.1, 0.15) is 11.3 Å². The predicted molar refractivity (Wildman–Crippen MR) is 105 cm³/mol. The van der Waals surface area contributed by atoms with E-state index in [-0.39, 0.29) is 5.82 Å². The minimum atomic E-state index is -0.305. The van der Waals surface area contributed by atoms with Gasteiger partial charge in [-0.05, 0) is 30.7 Å². The van der Waals surface area contributed by atoms with Crippen LogP contribution in [0.25, 0.3) is 22.0 Å². The van der Waals surface area contributed by atoms with Crippen molar-refractivity contribution >= 4 is 27.8 Å². The lowest BCUT2D eigenvalue weighted by Crippen LogP contribution is -2.47. The van der Waals surface area contributed by atoms with E-state index in [0.29, 0.717) is 5.58 Å². The molecule has 0 bridgehead atoms. The molecule has 0 unspecified atom stereocenters. The highest BCUT2D eigenvalue weighted by molar-refractivity contribution is 5.88. The lowest BCUT2D eigenvalue weighted by Gasteiger charge is -2.34. The van der Waals surface area contributed by atoms with Crippen LogP contribution >= 0.6 is 0 Å². The van der Waals surface area contributed by atoms with Gasteiger partial charge in [-0.3, -0.25) is 4.90 Å². The Labute approximate surface area is 161 Å². The molecule has 1 saturated heterocycles. The third-order valence-corrected chi connectivity index (χ3v) is 5.35. The number of nitrogens with zero attached hydrogens (tertiary/aromatic N) is 6. The summed E-state index contributed by atoms with van der Waals surface area (Å²) in [6.45, 7) is 5.57. The minimum absolute atomic E-state index is 0.305. The number of hydrogen-bond donors (Lipinski definition) is 0. The van der Waals surface area contributed by atoms with Crippen molar-refractivity contribution in [2.24, 2.45) is 0 Å². The Balaban J connectivity index is 1.16. The molecule has 0 saturated carbocycles. The first-order valence-corrected chi connectivity index (χ1v) is 9.58. The monoisotopic (exact) mass is 380 g/mol. The van der Waals surface area contributed by atoms with Crippen molar-refractivity contribution in [2.75, 3.05) is 37.6 Å². The van der Waals surface area contributed by atoms with Crippen LogP contribution in [0.5, 0.6) is 0 Å². The first-order chi connectivity index (χ1) is 13.8. The topological polar surface area (TPSA) is 63.2 Å². The van der Waals surface area contributed by atoms with E-state index in [0.717, 1.165) is 67.9 Å². The van der Waals surface area contributed by atoms with Crippen LogP contribution in [0.1, 0.15) is 6.42 Å². The van der Waals surface area contributed by atoms with Crippen LogP contribution in [0.2, 0.25) is 0 Å². The third-order valence-electron chi connectivity index (χ3n) is 5.35. The van der Waals surface area contributed by atoms with E-state index in [1.165, 1.54) is 12.1 Å². The Kier molecular flexibility index (Phi) is 4.40. The van der Waals surface area contributed by atoms with Gasteiger partial charge < -0.3 is 9.42 Å². The van der Waals surface area contributed by atoms with Crippen molar-refractivity contribution in [3.63, 3.8) is 0 Å². The summed E-state index contributed by atoms with van der Waals surface area (Å²) in [4.78, 5) is 4.67. The molecule has 0 radical (unpaired) electrons. The van der Waals surface area contributed by atoms with Crippen molar-refractivity contribution in [2.45, 2.75) is 13.0 Å². The van der Waals surface area contributed by atoms with Crippen LogP contribution in [-0.4, -0.2) is 57.8 Å². The van der Waals surface area contributed by atoms with Gasteiger partial charge in [-0.1, -0.05) is 22.5 Å². The summed E-state index contributed by atoms with van der Waals surface area (Å²) in [5.74, 6) is 0.504. The van der Waals surface area contributed by atoms with Gasteiger partial charge in [-0.25, -0.2) is 9.07 Å². The molecule has 3 heterocycles. The van der Waals surface area contributed by atoms with Gasteiger partial charge in [0, 0.05) is 45.3 Å². The van der Waals surface area contributed by atoms with Crippen molar-refractivity contribution in [1.82, 2.24) is 25.1 Å². The molecular formula is C20H21FN6O. The fraction of sp³-hybridized carbons (Fsp3) is 0.350. The Hall–Kier alpha value is -3.00. The first-order valence-electron chi connectivity index (χ1n) is 9.58. The molecule has 2 aromatic heterocycles. The summed E-state index contributed by atoms with van der Waals surface area (Å²) in [5, 5.41) is 13.5. The van der Waals surface area contributed by atoms with E-state index in [4.69, 9.17) is 4.52 Å². The van der Waals surface area contributed by atoms with Crippen LogP contribution in [0.4, 0.5) is 10.2 Å². The minimum Gasteiger partial charge on any atom is -0.354 e. The molecule has 8 heteroatoms. The molecule has 2 aromatic carbocycles. The Morgan fingerprint density at radius 2 is 1.86 bits per heavy atom. The summed E-state index contributed by atoms with van der Waals surface area (Å²) in [6, 6.07) is 12.6. The zero-order valence-corrected chi connectivity index (χ0v) is 15.5. The van der Waals surface area contributed by atoms with Crippen molar-refractivity contribution in [3.8, 4) is 0 Å². The van der Waals surface area contributed by atoms with Gasteiger partial charge in [0.2, 0.25) is 0 Å². The molecule has 1 fully saturated rings. The number of benzene rings is 2. The molecular weight excluding hydrogens is 359 g/mol. The molecule has 4 aromatic rings. The molecule has 0 atom stereocenters. The maximum Gasteiger partial charge on any atom is 0.180 e. The molecule has 5 rings (SSSR count). The molecule has 0 aliphatic carbocycles. The predicted octanol–water partition coefficient (Wildman–Crippen LogP) is 2.92. The van der Waals surface area contributed by atoms with Gasteiger partial charge in [0.25, 0.3) is 0 Å². The molecule has 0 N–H and O–H groups in total. The first kappa shape index (κ1) is 17.1. The van der Waals surface area contributed by atoms with Gasteiger partial charge in [-0.15, -0.1) is 5.10 Å². The SMILES string of the molecule is Fc1ccc2c(N3CCN(CCCn4nnc5ccccc54)CC3)noc2c1. The average Bonchev–Trinajstić information content (AvgIpc) is 3.33. The number of piperazine rings is 1. The highest BCUT2D eigenvalue weighted by atomic mass is 19.1. The number of anilines is 1. The maximum atomic E-state index is 13.3. The van der Waals surface area contributed by atoms with Crippen LogP contribution in [0.3, 0.4) is 0 Å². The molecule has 0 spiro atoms. The van der Waals surface area contributed by atoms with E-state index >= 15 is 0 Å². The highest BCUT2D eigenvalue weighted by Crippen LogP contribution is 2.27. The summed E-state index contributed by atoms with van der Waals surface area (Å²) in [6.07, 6.45) is 1.03. The van der Waals surface area contributed by atoms with E-state index in [1.54, 1.807) is 6.07 Å². The highest BCUT2D eigenvalue weighted by Gasteiger charge is 2.21. The van der Waals surface area contributed by atoms with Crippen LogP contribution in [0.15, 0.2) is 47.0 Å². The van der Waals surface area contributed by atoms with Gasteiger partial charge in [-0.2, -0.15) is 0 Å². The lowest BCUT2D eigenvalue weighted by molar-refractivity contribution is 0.248. The number of aryl methyl sites for hydroxylation is 1. The van der Waals surface area contributed by atoms with E-state index in [9.17, 15) is 4.39 Å². The Bertz CT molecular complexity index is 1100. The van der Waals surface area contributed by atoms with E-state index in [2.05, 4.69) is 31.3 Å². The van der Waals surface area contributed by atoms with Crippen LogP contribution < -0.4 is 4.90 Å². The second-order valence-corrected chi connectivity index (χ2v) is 7.13. The molecule has 144 valence electrons. The summed E-state index contributed by atoms with van der Waals surface area (Å²) >= 11 is 0. The van der Waals surface area contributed by atoms with E-state index < -0.39 is 0 Å². The fourth-order valence-electron chi connectivity index (χ4n) is 3.84. The van der Waals surface area contributed by atoms with Gasteiger partial charge in [0.15, 0.2) is 11.4 Å². The Morgan fingerprint density at radius 1 is 1.00 bits per heavy atom. The summed E-state index contributed by atoms with van der Waals surface area (Å²) < 4.78 is 20.6. The molecule has 1 aliphatic heterocycles. The number of fused-ring (bicyclic) bond motifs is 2. The number of rotatable bonds is 5. The number of halogens is 1. The average molecular weight is 380 g/mol. The number of hydrogen-bond acceptors (Lipinski definition) is 6. The van der Waals surface area contributed by atoms with Gasteiger partial charge in [0.05, 0.1) is 10.9 Å². The smallest absolute Gasteiger partial charge is 0.180 e. The quantitative estimate of drug-likeness (QED) is 0.531. The van der Waals surface area contributed by atoms with Crippen molar-refractivity contribution in [1.29, 1.82) is 0 Å². The third kappa shape index (κ3) is 3.20. The molecule has 7 nitrogen and oxygen atoms in total. The largest absolute Gasteiger partial charge is 0.354 e. The van der Waals surface area contributed by atoms with Crippen LogP contribution in [0, 0.1) is 5.82 Å². The normalized spacial score (nSPS) is 15.7. The number of para-hydroxylation sites is 1. The number of aromatic nitrogens is 4. The molecule has 28 heavy (non-hydrogen) atoms. The second kappa shape index (κ2) is 7.20. The van der Waals surface area contributed by atoms with Crippen LogP contribution in [-0.2, 0) is 6.54 Å². The van der Waals surface area contributed by atoms with Crippen molar-refractivity contribution in [3.05, 3.63) is 48.3 Å². The van der Waals surface area contributed by atoms with Gasteiger partial charge >= 0.3 is 0 Å². The zero-order chi connectivity index (χ0) is 18.9. The molecule has 1 aliphatic rings. The maximum absolute atomic E-state index is 13.3. The van der Waals surface area contributed by atoms with Crippen molar-refractivity contribution < 1.29 is 8.91 Å². The summed E-state index contributed by atoms with van der Waals surface area (Å²) in [5.41, 5.74) is 2.52.